The van der Waals surface area contributed by atoms with Gasteiger partial charge < -0.3 is 15.1 Å². The summed E-state index contributed by atoms with van der Waals surface area (Å²) < 4.78 is 0. The average Bonchev–Trinajstić information content (AvgIpc) is 3.22. The molecule has 8 heteroatoms. The topological polar surface area (TPSA) is 95.5 Å². The second kappa shape index (κ2) is 6.54. The van der Waals surface area contributed by atoms with E-state index in [1.165, 1.54) is 18.6 Å². The summed E-state index contributed by atoms with van der Waals surface area (Å²) in [6.45, 7) is 1.07. The molecule has 1 aromatic rings. The van der Waals surface area contributed by atoms with Crippen molar-refractivity contribution >= 4 is 17.7 Å². The summed E-state index contributed by atoms with van der Waals surface area (Å²) in [5.74, 6) is -0.508. The second-order valence-electron chi connectivity index (χ2n) is 6.10. The molecule has 0 aromatic carbocycles. The molecule has 1 atom stereocenters. The molecule has 1 unspecified atom stereocenters. The van der Waals surface area contributed by atoms with Crippen molar-refractivity contribution in [1.82, 2.24) is 25.1 Å². The zero-order valence-corrected chi connectivity index (χ0v) is 13.7. The van der Waals surface area contributed by atoms with Gasteiger partial charge in [-0.1, -0.05) is 0 Å². The third-order valence-electron chi connectivity index (χ3n) is 4.77. The summed E-state index contributed by atoms with van der Waals surface area (Å²) in [4.78, 5) is 48.8. The van der Waals surface area contributed by atoms with Crippen LogP contribution in [0.15, 0.2) is 18.6 Å². The SMILES string of the molecule is CNC(=O)C1(c2cnccn2)CCCN1C(=O)CN1CCCC1=O. The predicted octanol–water partition coefficient (Wildman–Crippen LogP) is -0.337. The van der Waals surface area contributed by atoms with Gasteiger partial charge in [-0.3, -0.25) is 24.4 Å². The van der Waals surface area contributed by atoms with Gasteiger partial charge in [0.15, 0.2) is 5.54 Å². The number of likely N-dealkylation sites (tertiary alicyclic amines) is 2. The van der Waals surface area contributed by atoms with E-state index in [2.05, 4.69) is 15.3 Å². The molecule has 3 rings (SSSR count). The lowest BCUT2D eigenvalue weighted by Crippen LogP contribution is -2.56. The Morgan fingerprint density at radius 3 is 2.75 bits per heavy atom. The van der Waals surface area contributed by atoms with Crippen LogP contribution >= 0.6 is 0 Å². The van der Waals surface area contributed by atoms with Crippen LogP contribution in [-0.2, 0) is 19.9 Å². The number of nitrogens with zero attached hydrogens (tertiary/aromatic N) is 4. The Morgan fingerprint density at radius 2 is 2.12 bits per heavy atom. The molecule has 2 saturated heterocycles. The zero-order chi connectivity index (χ0) is 17.2. The number of rotatable bonds is 4. The first kappa shape index (κ1) is 16.4. The molecule has 1 aromatic heterocycles. The number of nitrogens with one attached hydrogen (secondary N) is 1. The van der Waals surface area contributed by atoms with Crippen LogP contribution in [0.25, 0.3) is 0 Å². The van der Waals surface area contributed by atoms with E-state index in [-0.39, 0.29) is 24.3 Å². The number of carbonyl (C=O) groups excluding carboxylic acids is 3. The lowest BCUT2D eigenvalue weighted by Gasteiger charge is -2.36. The van der Waals surface area contributed by atoms with Crippen molar-refractivity contribution in [2.45, 2.75) is 31.2 Å². The summed E-state index contributed by atoms with van der Waals surface area (Å²) in [7, 11) is 1.55. The van der Waals surface area contributed by atoms with Crippen molar-refractivity contribution in [3.05, 3.63) is 24.3 Å². The molecule has 3 amide bonds. The summed E-state index contributed by atoms with van der Waals surface area (Å²) in [5, 5.41) is 2.65. The molecule has 0 spiro atoms. The van der Waals surface area contributed by atoms with Crippen LogP contribution in [0.1, 0.15) is 31.4 Å². The van der Waals surface area contributed by atoms with E-state index in [1.54, 1.807) is 16.8 Å². The van der Waals surface area contributed by atoms with Crippen LogP contribution < -0.4 is 5.32 Å². The summed E-state index contributed by atoms with van der Waals surface area (Å²) >= 11 is 0. The van der Waals surface area contributed by atoms with Crippen molar-refractivity contribution in [3.63, 3.8) is 0 Å². The maximum Gasteiger partial charge on any atom is 0.252 e. The molecule has 0 bridgehead atoms. The largest absolute Gasteiger partial charge is 0.357 e. The van der Waals surface area contributed by atoms with Crippen LogP contribution in [0.4, 0.5) is 0 Å². The Balaban J connectivity index is 1.91. The number of hydrogen-bond donors (Lipinski definition) is 1. The van der Waals surface area contributed by atoms with Crippen LogP contribution in [-0.4, -0.2) is 64.2 Å². The van der Waals surface area contributed by atoms with Crippen molar-refractivity contribution < 1.29 is 14.4 Å². The zero-order valence-electron chi connectivity index (χ0n) is 13.7. The Hall–Kier alpha value is -2.51. The Kier molecular flexibility index (Phi) is 4.46. The first-order valence-electron chi connectivity index (χ1n) is 8.16. The maximum atomic E-state index is 12.9. The van der Waals surface area contributed by atoms with E-state index in [4.69, 9.17) is 0 Å². The quantitative estimate of drug-likeness (QED) is 0.814. The molecule has 3 heterocycles. The number of carbonyl (C=O) groups is 3. The highest BCUT2D eigenvalue weighted by atomic mass is 16.2. The highest BCUT2D eigenvalue weighted by Gasteiger charge is 2.52. The Bertz CT molecular complexity index is 650. The summed E-state index contributed by atoms with van der Waals surface area (Å²) in [6, 6.07) is 0. The van der Waals surface area contributed by atoms with E-state index in [9.17, 15) is 14.4 Å². The van der Waals surface area contributed by atoms with E-state index in [0.717, 1.165) is 6.42 Å². The lowest BCUT2D eigenvalue weighted by molar-refractivity contribution is -0.148. The van der Waals surface area contributed by atoms with Crippen LogP contribution in [0.5, 0.6) is 0 Å². The van der Waals surface area contributed by atoms with Gasteiger partial charge in [0.05, 0.1) is 18.4 Å². The number of aromatic nitrogens is 2. The van der Waals surface area contributed by atoms with Gasteiger partial charge in [-0.05, 0) is 19.3 Å². The van der Waals surface area contributed by atoms with Crippen molar-refractivity contribution in [2.24, 2.45) is 0 Å². The van der Waals surface area contributed by atoms with Crippen molar-refractivity contribution in [2.75, 3.05) is 26.7 Å². The minimum absolute atomic E-state index is 0.00686. The van der Waals surface area contributed by atoms with Gasteiger partial charge in [-0.25, -0.2) is 0 Å². The fraction of sp³-hybridized carbons (Fsp3) is 0.562. The van der Waals surface area contributed by atoms with Crippen LogP contribution in [0.3, 0.4) is 0 Å². The molecule has 128 valence electrons. The Morgan fingerprint density at radius 1 is 1.29 bits per heavy atom. The molecule has 0 radical (unpaired) electrons. The van der Waals surface area contributed by atoms with Gasteiger partial charge in [-0.2, -0.15) is 0 Å². The smallest absolute Gasteiger partial charge is 0.252 e. The average molecular weight is 331 g/mol. The first-order chi connectivity index (χ1) is 11.6. The Labute approximate surface area is 140 Å². The van der Waals surface area contributed by atoms with E-state index >= 15 is 0 Å². The van der Waals surface area contributed by atoms with Crippen LogP contribution in [0.2, 0.25) is 0 Å². The molecule has 1 N–H and O–H groups in total. The summed E-state index contributed by atoms with van der Waals surface area (Å²) in [6.07, 6.45) is 7.03. The predicted molar refractivity (Wildman–Crippen MR) is 84.5 cm³/mol. The molecule has 2 fully saturated rings. The number of likely N-dealkylation sites (N-methyl/N-ethyl adjacent to an activating group) is 1. The van der Waals surface area contributed by atoms with Crippen LogP contribution in [0, 0.1) is 0 Å². The van der Waals surface area contributed by atoms with E-state index in [0.29, 0.717) is 38.0 Å². The summed E-state index contributed by atoms with van der Waals surface area (Å²) in [5.41, 5.74) is -0.689. The van der Waals surface area contributed by atoms with Gasteiger partial charge in [0.25, 0.3) is 5.91 Å². The van der Waals surface area contributed by atoms with Crippen molar-refractivity contribution in [1.29, 1.82) is 0 Å². The minimum Gasteiger partial charge on any atom is -0.357 e. The third-order valence-corrected chi connectivity index (χ3v) is 4.77. The molecule has 2 aliphatic rings. The number of hydrogen-bond acceptors (Lipinski definition) is 5. The molecule has 2 aliphatic heterocycles. The van der Waals surface area contributed by atoms with E-state index in [1.807, 2.05) is 0 Å². The molecular formula is C16H21N5O3. The fourth-order valence-corrected chi connectivity index (χ4v) is 3.61. The number of amides is 3. The van der Waals surface area contributed by atoms with Gasteiger partial charge in [0.2, 0.25) is 11.8 Å². The molecule has 8 nitrogen and oxygen atoms in total. The normalized spacial score (nSPS) is 23.6. The standard InChI is InChI=1S/C16H21N5O3/c1-17-15(24)16(12-10-18-6-7-19-12)5-3-9-21(16)14(23)11-20-8-2-4-13(20)22/h6-7,10H,2-5,8-9,11H2,1H3,(H,17,24). The van der Waals surface area contributed by atoms with E-state index < -0.39 is 5.54 Å². The lowest BCUT2D eigenvalue weighted by atomic mass is 9.90. The molecule has 24 heavy (non-hydrogen) atoms. The minimum atomic E-state index is -1.15. The third kappa shape index (κ3) is 2.61. The van der Waals surface area contributed by atoms with Gasteiger partial charge >= 0.3 is 0 Å². The first-order valence-corrected chi connectivity index (χ1v) is 8.16. The fourth-order valence-electron chi connectivity index (χ4n) is 3.61. The molecule has 0 aliphatic carbocycles. The van der Waals surface area contributed by atoms with Gasteiger partial charge in [0.1, 0.15) is 0 Å². The highest BCUT2D eigenvalue weighted by molar-refractivity contribution is 5.94. The second-order valence-corrected chi connectivity index (χ2v) is 6.10. The highest BCUT2D eigenvalue weighted by Crippen LogP contribution is 2.38. The van der Waals surface area contributed by atoms with Crippen molar-refractivity contribution in [3.8, 4) is 0 Å². The van der Waals surface area contributed by atoms with Gasteiger partial charge in [-0.15, -0.1) is 0 Å². The maximum absolute atomic E-state index is 12.9. The van der Waals surface area contributed by atoms with Gasteiger partial charge in [0, 0.05) is 39.0 Å². The monoisotopic (exact) mass is 331 g/mol. The molecule has 0 saturated carbocycles. The molecular weight excluding hydrogens is 310 g/mol.